The Morgan fingerprint density at radius 1 is 1.75 bits per heavy atom. The van der Waals surface area contributed by atoms with Crippen LogP contribution in [0, 0.1) is 0 Å². The van der Waals surface area contributed by atoms with Crippen molar-refractivity contribution >= 4 is 17.5 Å². The summed E-state index contributed by atoms with van der Waals surface area (Å²) in [6.45, 7) is 0. The zero-order valence-corrected chi connectivity index (χ0v) is 7.43. The van der Waals surface area contributed by atoms with E-state index >= 15 is 0 Å². The molecular weight excluding hydrogens is 176 g/mol. The summed E-state index contributed by atoms with van der Waals surface area (Å²) in [7, 11) is 1.57. The molecule has 1 aromatic heterocycles. The molecule has 1 heterocycles. The quantitative estimate of drug-likeness (QED) is 0.702. The Morgan fingerprint density at radius 3 is 3.08 bits per heavy atom. The zero-order valence-electron chi connectivity index (χ0n) is 6.67. The van der Waals surface area contributed by atoms with E-state index in [1.165, 1.54) is 0 Å². The van der Waals surface area contributed by atoms with Crippen molar-refractivity contribution in [3.63, 3.8) is 0 Å². The number of amides is 1. The number of nitrogens with zero attached hydrogens (tertiary/aromatic N) is 1. The van der Waals surface area contributed by atoms with Crippen LogP contribution in [0.1, 0.15) is 16.1 Å². The molecule has 0 aliphatic carbocycles. The van der Waals surface area contributed by atoms with Gasteiger partial charge in [0.1, 0.15) is 5.69 Å². The maximum absolute atomic E-state index is 11.1. The molecule has 0 radical (unpaired) electrons. The lowest BCUT2D eigenvalue weighted by Gasteiger charge is -1.99. The number of carbonyl (C=O) groups is 1. The maximum Gasteiger partial charge on any atom is 0.269 e. The molecule has 0 saturated carbocycles. The van der Waals surface area contributed by atoms with Crippen LogP contribution in [-0.4, -0.2) is 17.9 Å². The van der Waals surface area contributed by atoms with Crippen molar-refractivity contribution in [1.82, 2.24) is 10.3 Å². The third kappa shape index (κ3) is 1.95. The molecule has 0 atom stereocenters. The highest BCUT2D eigenvalue weighted by Gasteiger charge is 2.03. The Hall–Kier alpha value is -1.09. The Bertz CT molecular complexity index is 288. The molecule has 3 nitrogen and oxygen atoms in total. The van der Waals surface area contributed by atoms with Crippen molar-refractivity contribution in [3.05, 3.63) is 29.6 Å². The highest BCUT2D eigenvalue weighted by molar-refractivity contribution is 6.17. The van der Waals surface area contributed by atoms with Crippen molar-refractivity contribution < 1.29 is 4.79 Å². The number of hydrogen-bond acceptors (Lipinski definition) is 2. The van der Waals surface area contributed by atoms with E-state index in [-0.39, 0.29) is 5.91 Å². The largest absolute Gasteiger partial charge is 0.354 e. The first-order chi connectivity index (χ1) is 5.77. The van der Waals surface area contributed by atoms with Crippen molar-refractivity contribution in [1.29, 1.82) is 0 Å². The van der Waals surface area contributed by atoms with Crippen molar-refractivity contribution in [2.75, 3.05) is 7.05 Å². The summed E-state index contributed by atoms with van der Waals surface area (Å²) in [6.07, 6.45) is 1.57. The van der Waals surface area contributed by atoms with E-state index in [1.807, 2.05) is 0 Å². The number of hydrogen-bond donors (Lipinski definition) is 1. The number of nitrogens with one attached hydrogen (secondary N) is 1. The molecule has 1 N–H and O–H groups in total. The lowest BCUT2D eigenvalue weighted by molar-refractivity contribution is 0.0958. The number of alkyl halides is 1. The van der Waals surface area contributed by atoms with Crippen molar-refractivity contribution in [3.8, 4) is 0 Å². The SMILES string of the molecule is CNC(=O)c1cc(CCl)ccn1. The molecule has 12 heavy (non-hydrogen) atoms. The van der Waals surface area contributed by atoms with Gasteiger partial charge in [0.2, 0.25) is 0 Å². The molecule has 1 aromatic rings. The Labute approximate surface area is 75.8 Å². The minimum absolute atomic E-state index is 0.193. The average Bonchev–Trinajstić information content (AvgIpc) is 2.17. The number of carbonyl (C=O) groups excluding carboxylic acids is 1. The van der Waals surface area contributed by atoms with Gasteiger partial charge in [-0.2, -0.15) is 0 Å². The van der Waals surface area contributed by atoms with Crippen LogP contribution in [-0.2, 0) is 5.88 Å². The van der Waals surface area contributed by atoms with Crippen molar-refractivity contribution in [2.24, 2.45) is 0 Å². The van der Waals surface area contributed by atoms with E-state index in [2.05, 4.69) is 10.3 Å². The standard InChI is InChI=1S/C8H9ClN2O/c1-10-8(12)7-4-6(5-9)2-3-11-7/h2-4H,5H2,1H3,(H,10,12). The fourth-order valence-corrected chi connectivity index (χ4v) is 0.976. The second-order valence-electron chi connectivity index (χ2n) is 2.26. The molecule has 0 aliphatic heterocycles. The summed E-state index contributed by atoms with van der Waals surface area (Å²) >= 11 is 5.59. The summed E-state index contributed by atoms with van der Waals surface area (Å²) < 4.78 is 0. The van der Waals surface area contributed by atoms with Gasteiger partial charge < -0.3 is 5.32 Å². The van der Waals surface area contributed by atoms with E-state index in [4.69, 9.17) is 11.6 Å². The van der Waals surface area contributed by atoms with Gasteiger partial charge in [-0.1, -0.05) is 0 Å². The number of halogens is 1. The third-order valence-corrected chi connectivity index (χ3v) is 1.75. The molecule has 0 spiro atoms. The van der Waals surface area contributed by atoms with Gasteiger partial charge in [0, 0.05) is 19.1 Å². The first-order valence-corrected chi connectivity index (χ1v) is 4.04. The Morgan fingerprint density at radius 2 is 2.50 bits per heavy atom. The predicted molar refractivity (Wildman–Crippen MR) is 47.2 cm³/mol. The van der Waals surface area contributed by atoms with E-state index in [1.54, 1.807) is 25.4 Å². The first kappa shape index (κ1) is 9.00. The molecule has 0 unspecified atom stereocenters. The number of aromatic nitrogens is 1. The molecule has 1 amide bonds. The monoisotopic (exact) mass is 184 g/mol. The molecule has 0 fully saturated rings. The van der Waals surface area contributed by atoms with Gasteiger partial charge in [-0.25, -0.2) is 0 Å². The van der Waals surface area contributed by atoms with Gasteiger partial charge in [0.25, 0.3) is 5.91 Å². The van der Waals surface area contributed by atoms with Crippen LogP contribution in [0.15, 0.2) is 18.3 Å². The van der Waals surface area contributed by atoms with Crippen LogP contribution in [0.5, 0.6) is 0 Å². The summed E-state index contributed by atoms with van der Waals surface area (Å²) in [6, 6.07) is 3.45. The first-order valence-electron chi connectivity index (χ1n) is 3.51. The molecule has 4 heteroatoms. The smallest absolute Gasteiger partial charge is 0.269 e. The molecular formula is C8H9ClN2O. The topological polar surface area (TPSA) is 42.0 Å². The van der Waals surface area contributed by atoms with Gasteiger partial charge in [-0.3, -0.25) is 9.78 Å². The highest BCUT2D eigenvalue weighted by Crippen LogP contribution is 2.04. The predicted octanol–water partition coefficient (Wildman–Crippen LogP) is 1.18. The van der Waals surface area contributed by atoms with Gasteiger partial charge in [-0.15, -0.1) is 11.6 Å². The normalized spacial score (nSPS) is 9.50. The Kier molecular flexibility index (Phi) is 3.05. The van der Waals surface area contributed by atoms with E-state index < -0.39 is 0 Å². The molecule has 0 saturated heterocycles. The third-order valence-electron chi connectivity index (χ3n) is 1.44. The van der Waals surface area contributed by atoms with Gasteiger partial charge in [-0.05, 0) is 17.7 Å². The lowest BCUT2D eigenvalue weighted by Crippen LogP contribution is -2.19. The fraction of sp³-hybridized carbons (Fsp3) is 0.250. The summed E-state index contributed by atoms with van der Waals surface area (Å²) in [5.74, 6) is 0.203. The fourth-order valence-electron chi connectivity index (χ4n) is 0.810. The van der Waals surface area contributed by atoms with Crippen LogP contribution in [0.4, 0.5) is 0 Å². The van der Waals surface area contributed by atoms with Gasteiger partial charge in [0.05, 0.1) is 0 Å². The van der Waals surface area contributed by atoms with Gasteiger partial charge in [0.15, 0.2) is 0 Å². The van der Waals surface area contributed by atoms with Crippen LogP contribution in [0.2, 0.25) is 0 Å². The van der Waals surface area contributed by atoms with Crippen LogP contribution >= 0.6 is 11.6 Å². The zero-order chi connectivity index (χ0) is 8.97. The van der Waals surface area contributed by atoms with Crippen LogP contribution in [0.25, 0.3) is 0 Å². The van der Waals surface area contributed by atoms with Crippen molar-refractivity contribution in [2.45, 2.75) is 5.88 Å². The molecule has 0 aliphatic rings. The second kappa shape index (κ2) is 4.07. The van der Waals surface area contributed by atoms with Crippen LogP contribution < -0.4 is 5.32 Å². The molecule has 64 valence electrons. The minimum atomic E-state index is -0.193. The maximum atomic E-state index is 11.1. The molecule has 0 aromatic carbocycles. The van der Waals surface area contributed by atoms with E-state index in [0.717, 1.165) is 5.56 Å². The Balaban J connectivity index is 2.93. The minimum Gasteiger partial charge on any atom is -0.354 e. The summed E-state index contributed by atoms with van der Waals surface area (Å²) in [4.78, 5) is 15.0. The number of rotatable bonds is 2. The summed E-state index contributed by atoms with van der Waals surface area (Å²) in [5, 5.41) is 2.49. The van der Waals surface area contributed by atoms with Crippen LogP contribution in [0.3, 0.4) is 0 Å². The highest BCUT2D eigenvalue weighted by atomic mass is 35.5. The second-order valence-corrected chi connectivity index (χ2v) is 2.53. The molecule has 0 bridgehead atoms. The summed E-state index contributed by atoms with van der Waals surface area (Å²) in [5.41, 5.74) is 1.29. The van der Waals surface area contributed by atoms with Gasteiger partial charge >= 0.3 is 0 Å². The number of pyridine rings is 1. The average molecular weight is 185 g/mol. The molecule has 1 rings (SSSR count). The lowest BCUT2D eigenvalue weighted by atomic mass is 10.2. The van der Waals surface area contributed by atoms with E-state index in [0.29, 0.717) is 11.6 Å². The van der Waals surface area contributed by atoms with E-state index in [9.17, 15) is 4.79 Å².